The van der Waals surface area contributed by atoms with Crippen LogP contribution in [0.1, 0.15) is 49.5 Å². The van der Waals surface area contributed by atoms with Crippen LogP contribution < -0.4 is 0 Å². The van der Waals surface area contributed by atoms with Gasteiger partial charge >= 0.3 is 0 Å². The van der Waals surface area contributed by atoms with E-state index < -0.39 is 0 Å². The standard InChI is InChI=1S/C20H28N4/c1-3-11-23-13-17-7-5-9-19(21-17)15-24(12-4-2)16-20-10-6-8-18(14-23)22-20/h5-10H,3-4,11-16H2,1-2H3. The van der Waals surface area contributed by atoms with Crippen LogP contribution in [0.5, 0.6) is 0 Å². The van der Waals surface area contributed by atoms with Crippen molar-refractivity contribution in [1.29, 1.82) is 0 Å². The Labute approximate surface area is 145 Å². The summed E-state index contributed by atoms with van der Waals surface area (Å²) in [5, 5.41) is 0. The lowest BCUT2D eigenvalue weighted by Gasteiger charge is -2.25. The van der Waals surface area contributed by atoms with E-state index in [1.165, 1.54) is 0 Å². The van der Waals surface area contributed by atoms with E-state index in [0.29, 0.717) is 0 Å². The predicted molar refractivity (Wildman–Crippen MR) is 97.3 cm³/mol. The quantitative estimate of drug-likeness (QED) is 0.860. The van der Waals surface area contributed by atoms with Crippen LogP contribution in [0, 0.1) is 0 Å². The maximum atomic E-state index is 4.90. The van der Waals surface area contributed by atoms with Crippen LogP contribution in [-0.4, -0.2) is 32.9 Å². The summed E-state index contributed by atoms with van der Waals surface area (Å²) in [4.78, 5) is 14.7. The van der Waals surface area contributed by atoms with E-state index in [-0.39, 0.29) is 0 Å². The Kier molecular flexibility index (Phi) is 5.94. The molecule has 0 N–H and O–H groups in total. The van der Waals surface area contributed by atoms with E-state index in [0.717, 1.165) is 74.9 Å². The average molecular weight is 324 g/mol. The maximum Gasteiger partial charge on any atom is 0.0548 e. The molecule has 3 rings (SSSR count). The van der Waals surface area contributed by atoms with Gasteiger partial charge in [0.2, 0.25) is 0 Å². The Morgan fingerprint density at radius 1 is 0.667 bits per heavy atom. The number of fused-ring (bicyclic) bond motifs is 4. The third kappa shape index (κ3) is 4.62. The first-order chi connectivity index (χ1) is 11.8. The van der Waals surface area contributed by atoms with Crippen LogP contribution in [0.4, 0.5) is 0 Å². The van der Waals surface area contributed by atoms with Crippen molar-refractivity contribution in [2.45, 2.75) is 52.9 Å². The molecule has 0 unspecified atom stereocenters. The van der Waals surface area contributed by atoms with Crippen LogP contribution in [0.25, 0.3) is 0 Å². The molecule has 0 saturated heterocycles. The van der Waals surface area contributed by atoms with Crippen molar-refractivity contribution in [1.82, 2.24) is 19.8 Å². The van der Waals surface area contributed by atoms with Crippen LogP contribution in [0.3, 0.4) is 0 Å². The average Bonchev–Trinajstić information content (AvgIpc) is 2.55. The van der Waals surface area contributed by atoms with Crippen LogP contribution >= 0.6 is 0 Å². The molecule has 4 nitrogen and oxygen atoms in total. The highest BCUT2D eigenvalue weighted by atomic mass is 15.2. The Bertz CT molecular complexity index is 556. The van der Waals surface area contributed by atoms with E-state index in [4.69, 9.17) is 9.97 Å². The van der Waals surface area contributed by atoms with Gasteiger partial charge in [0.25, 0.3) is 0 Å². The molecule has 2 aromatic heterocycles. The lowest BCUT2D eigenvalue weighted by atomic mass is 10.2. The van der Waals surface area contributed by atoms with Crippen molar-refractivity contribution in [3.63, 3.8) is 0 Å². The molecular weight excluding hydrogens is 296 g/mol. The molecular formula is C20H28N4. The van der Waals surface area contributed by atoms with Crippen molar-refractivity contribution < 1.29 is 0 Å². The Balaban J connectivity index is 1.92. The molecule has 1 aliphatic rings. The van der Waals surface area contributed by atoms with E-state index in [1.807, 2.05) is 0 Å². The number of rotatable bonds is 4. The minimum absolute atomic E-state index is 0.890. The zero-order valence-electron chi connectivity index (χ0n) is 14.9. The first kappa shape index (κ1) is 17.1. The zero-order chi connectivity index (χ0) is 16.8. The molecule has 1 aliphatic heterocycles. The highest BCUT2D eigenvalue weighted by Gasteiger charge is 2.13. The summed E-state index contributed by atoms with van der Waals surface area (Å²) in [5.41, 5.74) is 4.64. The van der Waals surface area contributed by atoms with Crippen LogP contribution in [0.15, 0.2) is 36.4 Å². The molecule has 128 valence electrons. The first-order valence-corrected chi connectivity index (χ1v) is 9.11. The highest BCUT2D eigenvalue weighted by molar-refractivity contribution is 5.15. The molecule has 24 heavy (non-hydrogen) atoms. The summed E-state index contributed by atoms with van der Waals surface area (Å²) in [6.45, 7) is 10.2. The Morgan fingerprint density at radius 2 is 1.00 bits per heavy atom. The van der Waals surface area contributed by atoms with Gasteiger partial charge in [0.15, 0.2) is 0 Å². The molecule has 4 bridgehead atoms. The molecule has 3 heterocycles. The summed E-state index contributed by atoms with van der Waals surface area (Å²) >= 11 is 0. The smallest absolute Gasteiger partial charge is 0.0548 e. The van der Waals surface area contributed by atoms with Crippen molar-refractivity contribution in [3.05, 3.63) is 59.2 Å². The van der Waals surface area contributed by atoms with Gasteiger partial charge in [-0.2, -0.15) is 0 Å². The fourth-order valence-corrected chi connectivity index (χ4v) is 3.39. The minimum atomic E-state index is 0.890. The predicted octanol–water partition coefficient (Wildman–Crippen LogP) is 3.61. The summed E-state index contributed by atoms with van der Waals surface area (Å²) in [6.07, 6.45) is 2.29. The van der Waals surface area contributed by atoms with Crippen molar-refractivity contribution >= 4 is 0 Å². The van der Waals surface area contributed by atoms with Gasteiger partial charge in [-0.3, -0.25) is 19.8 Å². The fraction of sp³-hybridized carbons (Fsp3) is 0.500. The Hall–Kier alpha value is -1.78. The third-order valence-corrected chi connectivity index (χ3v) is 4.35. The molecule has 0 atom stereocenters. The van der Waals surface area contributed by atoms with Crippen LogP contribution in [-0.2, 0) is 26.2 Å². The molecule has 0 spiro atoms. The number of hydrogen-bond acceptors (Lipinski definition) is 4. The molecule has 0 radical (unpaired) electrons. The topological polar surface area (TPSA) is 32.3 Å². The minimum Gasteiger partial charge on any atom is -0.292 e. The normalized spacial score (nSPS) is 16.4. The zero-order valence-corrected chi connectivity index (χ0v) is 14.9. The van der Waals surface area contributed by atoms with E-state index in [2.05, 4.69) is 60.0 Å². The number of nitrogens with zero attached hydrogens (tertiary/aromatic N) is 4. The number of hydrogen-bond donors (Lipinski definition) is 0. The molecule has 0 aliphatic carbocycles. The molecule has 0 amide bonds. The van der Waals surface area contributed by atoms with Gasteiger partial charge in [-0.15, -0.1) is 0 Å². The molecule has 4 heteroatoms. The molecule has 0 aromatic carbocycles. The lowest BCUT2D eigenvalue weighted by molar-refractivity contribution is 0.237. The highest BCUT2D eigenvalue weighted by Crippen LogP contribution is 2.14. The third-order valence-electron chi connectivity index (χ3n) is 4.35. The van der Waals surface area contributed by atoms with Crippen molar-refractivity contribution in [3.8, 4) is 0 Å². The SMILES string of the molecule is CCCN1Cc2cccc(n2)CN(CCC)Cc2cccc(n2)C1. The second-order valence-corrected chi connectivity index (χ2v) is 6.66. The second-order valence-electron chi connectivity index (χ2n) is 6.66. The summed E-state index contributed by atoms with van der Waals surface area (Å²) in [5.74, 6) is 0. The van der Waals surface area contributed by atoms with E-state index in [1.54, 1.807) is 0 Å². The van der Waals surface area contributed by atoms with Crippen molar-refractivity contribution in [2.75, 3.05) is 13.1 Å². The molecule has 2 aromatic rings. The maximum absolute atomic E-state index is 4.90. The second kappa shape index (κ2) is 8.36. The van der Waals surface area contributed by atoms with Crippen LogP contribution in [0.2, 0.25) is 0 Å². The van der Waals surface area contributed by atoms with Gasteiger partial charge in [-0.25, -0.2) is 0 Å². The van der Waals surface area contributed by atoms with Gasteiger partial charge in [-0.1, -0.05) is 26.0 Å². The van der Waals surface area contributed by atoms with E-state index >= 15 is 0 Å². The monoisotopic (exact) mass is 324 g/mol. The summed E-state index contributed by atoms with van der Waals surface area (Å²) in [7, 11) is 0. The van der Waals surface area contributed by atoms with Crippen molar-refractivity contribution in [2.24, 2.45) is 0 Å². The van der Waals surface area contributed by atoms with Gasteiger partial charge in [0.1, 0.15) is 0 Å². The van der Waals surface area contributed by atoms with E-state index in [9.17, 15) is 0 Å². The van der Waals surface area contributed by atoms with Gasteiger partial charge < -0.3 is 0 Å². The Morgan fingerprint density at radius 3 is 1.29 bits per heavy atom. The first-order valence-electron chi connectivity index (χ1n) is 9.11. The van der Waals surface area contributed by atoms with Gasteiger partial charge in [0.05, 0.1) is 22.8 Å². The van der Waals surface area contributed by atoms with Gasteiger partial charge in [0, 0.05) is 26.2 Å². The lowest BCUT2D eigenvalue weighted by Crippen LogP contribution is -2.28. The summed E-state index contributed by atoms with van der Waals surface area (Å²) in [6, 6.07) is 12.9. The molecule has 0 fully saturated rings. The fourth-order valence-electron chi connectivity index (χ4n) is 3.39. The number of pyridine rings is 2. The largest absolute Gasteiger partial charge is 0.292 e. The summed E-state index contributed by atoms with van der Waals surface area (Å²) < 4.78 is 0. The number of aromatic nitrogens is 2. The van der Waals surface area contributed by atoms with Gasteiger partial charge in [-0.05, 0) is 50.2 Å². The molecule has 0 saturated carbocycles.